The van der Waals surface area contributed by atoms with Gasteiger partial charge >= 0.3 is 0 Å². The molecule has 0 amide bonds. The molecule has 0 spiro atoms. The fourth-order valence-corrected chi connectivity index (χ4v) is 4.18. The van der Waals surface area contributed by atoms with Crippen LogP contribution in [-0.2, 0) is 0 Å². The first-order chi connectivity index (χ1) is 8.62. The molecule has 3 unspecified atom stereocenters. The Hall–Kier alpha value is -0.0800. The molecule has 0 heterocycles. The van der Waals surface area contributed by atoms with Crippen molar-refractivity contribution in [3.63, 3.8) is 0 Å². The third-order valence-electron chi connectivity index (χ3n) is 5.78. The van der Waals surface area contributed by atoms with Crippen LogP contribution in [0.5, 0.6) is 0 Å². The topological polar surface area (TPSA) is 29.3 Å². The van der Waals surface area contributed by atoms with Crippen LogP contribution in [0.1, 0.15) is 59.3 Å². The zero-order chi connectivity index (χ0) is 13.2. The second kappa shape index (κ2) is 5.92. The molecule has 3 atom stereocenters. The lowest BCUT2D eigenvalue weighted by Crippen LogP contribution is -2.61. The van der Waals surface area contributed by atoms with E-state index in [1.165, 1.54) is 51.6 Å². The van der Waals surface area contributed by atoms with Crippen molar-refractivity contribution in [1.29, 1.82) is 0 Å². The summed E-state index contributed by atoms with van der Waals surface area (Å²) in [5, 5.41) is 0. The predicted octanol–water partition coefficient (Wildman–Crippen LogP) is 3.26. The van der Waals surface area contributed by atoms with Crippen molar-refractivity contribution >= 4 is 0 Å². The Bertz CT molecular complexity index is 262. The maximum absolute atomic E-state index is 6.26. The van der Waals surface area contributed by atoms with Gasteiger partial charge in [-0.3, -0.25) is 4.90 Å². The van der Waals surface area contributed by atoms with Gasteiger partial charge in [-0.25, -0.2) is 0 Å². The van der Waals surface area contributed by atoms with Crippen LogP contribution in [-0.4, -0.2) is 30.1 Å². The van der Waals surface area contributed by atoms with Gasteiger partial charge in [0, 0.05) is 18.6 Å². The van der Waals surface area contributed by atoms with Gasteiger partial charge in [0.2, 0.25) is 0 Å². The third kappa shape index (κ3) is 2.60. The van der Waals surface area contributed by atoms with Gasteiger partial charge < -0.3 is 5.73 Å². The summed E-state index contributed by atoms with van der Waals surface area (Å²) in [5.41, 5.74) is 6.55. The summed E-state index contributed by atoms with van der Waals surface area (Å²) >= 11 is 0. The van der Waals surface area contributed by atoms with Gasteiger partial charge in [0.25, 0.3) is 0 Å². The summed E-state index contributed by atoms with van der Waals surface area (Å²) in [6.45, 7) is 10.5. The Morgan fingerprint density at radius 2 is 1.89 bits per heavy atom. The van der Waals surface area contributed by atoms with E-state index >= 15 is 0 Å². The number of nitrogens with zero attached hydrogens (tertiary/aromatic N) is 1. The number of rotatable bonds is 5. The number of nitrogens with two attached hydrogens (primary N) is 1. The van der Waals surface area contributed by atoms with E-state index in [0.29, 0.717) is 5.54 Å². The van der Waals surface area contributed by atoms with E-state index in [1.807, 2.05) is 0 Å². The molecule has 106 valence electrons. The molecule has 0 saturated heterocycles. The molecule has 0 bridgehead atoms. The predicted molar refractivity (Wildman–Crippen MR) is 78.6 cm³/mol. The van der Waals surface area contributed by atoms with Crippen LogP contribution in [0, 0.1) is 17.8 Å². The van der Waals surface area contributed by atoms with E-state index in [9.17, 15) is 0 Å². The molecule has 0 radical (unpaired) electrons. The Morgan fingerprint density at radius 3 is 2.39 bits per heavy atom. The number of likely N-dealkylation sites (N-methyl/N-ethyl adjacent to an activating group) is 1. The van der Waals surface area contributed by atoms with Crippen molar-refractivity contribution in [2.45, 2.75) is 64.8 Å². The molecule has 2 nitrogen and oxygen atoms in total. The van der Waals surface area contributed by atoms with Crippen molar-refractivity contribution in [2.24, 2.45) is 23.5 Å². The van der Waals surface area contributed by atoms with Crippen LogP contribution in [0.25, 0.3) is 0 Å². The van der Waals surface area contributed by atoms with Crippen molar-refractivity contribution < 1.29 is 0 Å². The lowest BCUT2D eigenvalue weighted by atomic mass is 9.68. The largest absolute Gasteiger partial charge is 0.329 e. The van der Waals surface area contributed by atoms with Gasteiger partial charge in [0.1, 0.15) is 0 Å². The van der Waals surface area contributed by atoms with E-state index in [0.717, 1.165) is 24.3 Å². The van der Waals surface area contributed by atoms with Crippen LogP contribution in [0.4, 0.5) is 0 Å². The quantitative estimate of drug-likeness (QED) is 0.814. The Labute approximate surface area is 113 Å². The molecular weight excluding hydrogens is 220 g/mol. The molecule has 2 heteroatoms. The lowest BCUT2D eigenvalue weighted by molar-refractivity contribution is -0.0175. The molecule has 0 aromatic heterocycles. The summed E-state index contributed by atoms with van der Waals surface area (Å²) in [6.07, 6.45) is 8.40. The fourth-order valence-electron chi connectivity index (χ4n) is 4.18. The number of hydrogen-bond donors (Lipinski definition) is 1. The van der Waals surface area contributed by atoms with E-state index in [2.05, 4.69) is 25.7 Å². The van der Waals surface area contributed by atoms with Gasteiger partial charge in [-0.1, -0.05) is 33.6 Å². The SMILES string of the molecule is CCN(CC1CCC1)C1(CN)CC(C)CCC1C. The Balaban J connectivity index is 2.10. The van der Waals surface area contributed by atoms with Crippen molar-refractivity contribution in [3.05, 3.63) is 0 Å². The summed E-state index contributed by atoms with van der Waals surface area (Å²) in [4.78, 5) is 2.75. The van der Waals surface area contributed by atoms with Crippen molar-refractivity contribution in [1.82, 2.24) is 4.90 Å². The second-order valence-corrected chi connectivity index (χ2v) is 6.93. The Kier molecular flexibility index (Phi) is 4.71. The molecule has 2 aliphatic rings. The zero-order valence-electron chi connectivity index (χ0n) is 12.6. The maximum Gasteiger partial charge on any atom is 0.0359 e. The second-order valence-electron chi connectivity index (χ2n) is 6.93. The summed E-state index contributed by atoms with van der Waals surface area (Å²) < 4.78 is 0. The van der Waals surface area contributed by atoms with Crippen molar-refractivity contribution in [3.8, 4) is 0 Å². The average molecular weight is 252 g/mol. The average Bonchev–Trinajstić information content (AvgIpc) is 2.32. The van der Waals surface area contributed by atoms with Gasteiger partial charge in [0.05, 0.1) is 0 Å². The van der Waals surface area contributed by atoms with Crippen molar-refractivity contribution in [2.75, 3.05) is 19.6 Å². The van der Waals surface area contributed by atoms with Gasteiger partial charge in [-0.05, 0) is 50.0 Å². The van der Waals surface area contributed by atoms with E-state index in [-0.39, 0.29) is 0 Å². The summed E-state index contributed by atoms with van der Waals surface area (Å²) in [7, 11) is 0. The summed E-state index contributed by atoms with van der Waals surface area (Å²) in [5.74, 6) is 2.57. The molecule has 0 aromatic rings. The first-order valence-corrected chi connectivity index (χ1v) is 8.07. The van der Waals surface area contributed by atoms with Crippen LogP contribution in [0.15, 0.2) is 0 Å². The zero-order valence-corrected chi connectivity index (χ0v) is 12.6. The maximum atomic E-state index is 6.26. The highest BCUT2D eigenvalue weighted by atomic mass is 15.2. The van der Waals surface area contributed by atoms with Gasteiger partial charge in [0.15, 0.2) is 0 Å². The van der Waals surface area contributed by atoms with E-state index in [1.54, 1.807) is 0 Å². The molecular formula is C16H32N2. The molecule has 2 rings (SSSR count). The monoisotopic (exact) mass is 252 g/mol. The third-order valence-corrected chi connectivity index (χ3v) is 5.78. The van der Waals surface area contributed by atoms with Crippen LogP contribution < -0.4 is 5.73 Å². The molecule has 18 heavy (non-hydrogen) atoms. The van der Waals surface area contributed by atoms with E-state index < -0.39 is 0 Å². The molecule has 2 N–H and O–H groups in total. The molecule has 0 aromatic carbocycles. The van der Waals surface area contributed by atoms with Gasteiger partial charge in [-0.2, -0.15) is 0 Å². The molecule has 2 fully saturated rings. The first-order valence-electron chi connectivity index (χ1n) is 8.07. The summed E-state index contributed by atoms with van der Waals surface area (Å²) in [6, 6.07) is 0. The molecule has 2 saturated carbocycles. The minimum atomic E-state index is 0.294. The smallest absolute Gasteiger partial charge is 0.0359 e. The van der Waals surface area contributed by atoms with Crippen LogP contribution in [0.2, 0.25) is 0 Å². The van der Waals surface area contributed by atoms with E-state index in [4.69, 9.17) is 5.73 Å². The Morgan fingerprint density at radius 1 is 1.17 bits per heavy atom. The minimum absolute atomic E-state index is 0.294. The minimum Gasteiger partial charge on any atom is -0.329 e. The molecule has 0 aliphatic heterocycles. The highest BCUT2D eigenvalue weighted by Crippen LogP contribution is 2.42. The normalized spacial score (nSPS) is 37.8. The number of hydrogen-bond acceptors (Lipinski definition) is 2. The molecule has 2 aliphatic carbocycles. The standard InChI is InChI=1S/C16H32N2/c1-4-18(11-15-6-5-7-15)16(12-17)10-13(2)8-9-14(16)3/h13-15H,4-12,17H2,1-3H3. The lowest BCUT2D eigenvalue weighted by Gasteiger charge is -2.53. The van der Waals surface area contributed by atoms with Crippen LogP contribution in [0.3, 0.4) is 0 Å². The fraction of sp³-hybridized carbons (Fsp3) is 1.00. The van der Waals surface area contributed by atoms with Crippen LogP contribution >= 0.6 is 0 Å². The van der Waals surface area contributed by atoms with Gasteiger partial charge in [-0.15, -0.1) is 0 Å². The first kappa shape index (κ1) is 14.3. The highest BCUT2D eigenvalue weighted by Gasteiger charge is 2.44. The highest BCUT2D eigenvalue weighted by molar-refractivity contribution is 5.00.